The number of halogens is 1. The molecule has 14 heavy (non-hydrogen) atoms. The van der Waals surface area contributed by atoms with E-state index in [1.807, 2.05) is 23.9 Å². The fraction of sp³-hybridized carbons (Fsp3) is 0.222. The molecule has 2 aromatic heterocycles. The maximum atomic E-state index is 5.11. The molecule has 2 aromatic rings. The molecule has 0 aromatic carbocycles. The first-order valence-electron chi connectivity index (χ1n) is 4.20. The van der Waals surface area contributed by atoms with E-state index in [1.54, 1.807) is 12.5 Å². The third-order valence-corrected chi connectivity index (χ3v) is 2.31. The van der Waals surface area contributed by atoms with Gasteiger partial charge < -0.3 is 14.3 Å². The van der Waals surface area contributed by atoms with Crippen molar-refractivity contribution >= 4 is 21.9 Å². The van der Waals surface area contributed by atoms with E-state index in [0.717, 1.165) is 16.2 Å². The number of aromatic nitrogens is 2. The molecule has 4 nitrogen and oxygen atoms in total. The summed E-state index contributed by atoms with van der Waals surface area (Å²) in [6.07, 6.45) is 5.36. The van der Waals surface area contributed by atoms with E-state index in [1.165, 1.54) is 0 Å². The largest absolute Gasteiger partial charge is 0.457 e. The molecule has 0 atom stereocenters. The van der Waals surface area contributed by atoms with Crippen molar-refractivity contribution in [3.05, 3.63) is 35.0 Å². The number of hydrogen-bond acceptors (Lipinski definition) is 3. The van der Waals surface area contributed by atoms with Crippen LogP contribution in [-0.4, -0.2) is 9.55 Å². The first-order valence-corrected chi connectivity index (χ1v) is 4.99. The van der Waals surface area contributed by atoms with Crippen LogP contribution in [0.4, 0.5) is 5.95 Å². The smallest absolute Gasteiger partial charge is 0.202 e. The maximum Gasteiger partial charge on any atom is 0.202 e. The zero-order valence-corrected chi connectivity index (χ0v) is 9.28. The second kappa shape index (κ2) is 3.88. The maximum absolute atomic E-state index is 5.11. The van der Waals surface area contributed by atoms with Crippen molar-refractivity contribution in [3.63, 3.8) is 0 Å². The lowest BCUT2D eigenvalue weighted by molar-refractivity contribution is 0.539. The molecule has 74 valence electrons. The summed E-state index contributed by atoms with van der Waals surface area (Å²) in [7, 11) is 1.95. The van der Waals surface area contributed by atoms with Crippen molar-refractivity contribution in [2.75, 3.05) is 5.32 Å². The number of hydrogen-bond donors (Lipinski definition) is 1. The van der Waals surface area contributed by atoms with Gasteiger partial charge in [-0.2, -0.15) is 0 Å². The molecule has 0 aliphatic carbocycles. The van der Waals surface area contributed by atoms with Crippen molar-refractivity contribution in [1.82, 2.24) is 9.55 Å². The molecule has 0 radical (unpaired) electrons. The third kappa shape index (κ3) is 1.98. The van der Waals surface area contributed by atoms with E-state index >= 15 is 0 Å². The highest BCUT2D eigenvalue weighted by Crippen LogP contribution is 2.14. The minimum Gasteiger partial charge on any atom is -0.457 e. The fourth-order valence-electron chi connectivity index (χ4n) is 1.16. The van der Waals surface area contributed by atoms with Crippen LogP contribution in [0.1, 0.15) is 5.56 Å². The van der Waals surface area contributed by atoms with Gasteiger partial charge in [-0.3, -0.25) is 0 Å². The van der Waals surface area contributed by atoms with E-state index in [2.05, 4.69) is 26.2 Å². The molecule has 0 saturated heterocycles. The average Bonchev–Trinajstić information content (AvgIpc) is 2.72. The highest BCUT2D eigenvalue weighted by atomic mass is 79.9. The van der Waals surface area contributed by atoms with Crippen LogP contribution < -0.4 is 5.32 Å². The number of nitrogens with one attached hydrogen (secondary N) is 1. The van der Waals surface area contributed by atoms with Gasteiger partial charge >= 0.3 is 0 Å². The Morgan fingerprint density at radius 2 is 2.50 bits per heavy atom. The predicted octanol–water partition coefficient (Wildman–Crippen LogP) is 2.39. The van der Waals surface area contributed by atoms with Gasteiger partial charge in [0, 0.05) is 31.5 Å². The van der Waals surface area contributed by atoms with Crippen molar-refractivity contribution in [3.8, 4) is 0 Å². The predicted molar refractivity (Wildman–Crippen MR) is 56.9 cm³/mol. The van der Waals surface area contributed by atoms with Crippen LogP contribution in [0.3, 0.4) is 0 Å². The molecule has 5 heteroatoms. The molecular weight excluding hydrogens is 246 g/mol. The zero-order valence-electron chi connectivity index (χ0n) is 7.70. The van der Waals surface area contributed by atoms with Gasteiger partial charge in [-0.25, -0.2) is 4.98 Å². The van der Waals surface area contributed by atoms with Crippen molar-refractivity contribution in [2.45, 2.75) is 6.54 Å². The Kier molecular flexibility index (Phi) is 2.58. The minimum absolute atomic E-state index is 0.708. The van der Waals surface area contributed by atoms with Crippen LogP contribution in [0.2, 0.25) is 0 Å². The first kappa shape index (κ1) is 9.33. The Hall–Kier alpha value is -1.23. The second-order valence-electron chi connectivity index (χ2n) is 2.97. The van der Waals surface area contributed by atoms with Crippen molar-refractivity contribution in [1.29, 1.82) is 0 Å². The highest BCUT2D eigenvalue weighted by molar-refractivity contribution is 9.10. The normalized spacial score (nSPS) is 10.4. The molecule has 0 amide bonds. The average molecular weight is 256 g/mol. The third-order valence-electron chi connectivity index (χ3n) is 1.89. The van der Waals surface area contributed by atoms with Crippen LogP contribution in [0.15, 0.2) is 33.8 Å². The fourth-order valence-corrected chi connectivity index (χ4v) is 1.54. The van der Waals surface area contributed by atoms with Crippen LogP contribution >= 0.6 is 15.9 Å². The van der Waals surface area contributed by atoms with Crippen molar-refractivity contribution < 1.29 is 4.42 Å². The summed E-state index contributed by atoms with van der Waals surface area (Å²) in [5, 5.41) is 3.19. The number of imidazole rings is 1. The Morgan fingerprint density at radius 3 is 3.07 bits per heavy atom. The summed E-state index contributed by atoms with van der Waals surface area (Å²) < 4.78 is 7.78. The molecule has 0 aliphatic rings. The zero-order chi connectivity index (χ0) is 9.97. The van der Waals surface area contributed by atoms with Gasteiger partial charge in [-0.1, -0.05) is 0 Å². The molecule has 2 heterocycles. The van der Waals surface area contributed by atoms with Gasteiger partial charge in [0.1, 0.15) is 0 Å². The Balaban J connectivity index is 1.98. The quantitative estimate of drug-likeness (QED) is 0.916. The van der Waals surface area contributed by atoms with Crippen LogP contribution in [0.25, 0.3) is 0 Å². The lowest BCUT2D eigenvalue weighted by atomic mass is 10.3. The molecule has 2 rings (SSSR count). The lowest BCUT2D eigenvalue weighted by Crippen LogP contribution is -2.03. The SMILES string of the molecule is Cn1ccnc1NCc1coc(Br)c1. The van der Waals surface area contributed by atoms with E-state index in [4.69, 9.17) is 4.42 Å². The highest BCUT2D eigenvalue weighted by Gasteiger charge is 2.00. The molecule has 0 fully saturated rings. The number of furan rings is 1. The summed E-state index contributed by atoms with van der Waals surface area (Å²) in [5.74, 6) is 0.849. The number of anilines is 1. The molecule has 0 bridgehead atoms. The summed E-state index contributed by atoms with van der Waals surface area (Å²) in [6, 6.07) is 1.93. The lowest BCUT2D eigenvalue weighted by Gasteiger charge is -2.02. The van der Waals surface area contributed by atoms with Gasteiger partial charge in [0.05, 0.1) is 6.26 Å². The molecule has 0 unspecified atom stereocenters. The standard InChI is InChI=1S/C9H10BrN3O/c1-13-3-2-11-9(13)12-5-7-4-8(10)14-6-7/h2-4,6H,5H2,1H3,(H,11,12). The number of nitrogens with zero attached hydrogens (tertiary/aromatic N) is 2. The first-order chi connectivity index (χ1) is 6.75. The van der Waals surface area contributed by atoms with E-state index in [-0.39, 0.29) is 0 Å². The minimum atomic E-state index is 0.708. The Bertz CT molecular complexity index is 421. The molecule has 0 aliphatic heterocycles. The second-order valence-corrected chi connectivity index (χ2v) is 3.76. The molecule has 1 N–H and O–H groups in total. The van der Waals surface area contributed by atoms with E-state index in [0.29, 0.717) is 6.54 Å². The Morgan fingerprint density at radius 1 is 1.64 bits per heavy atom. The monoisotopic (exact) mass is 255 g/mol. The molecule has 0 saturated carbocycles. The van der Waals surface area contributed by atoms with Crippen LogP contribution in [0.5, 0.6) is 0 Å². The van der Waals surface area contributed by atoms with Gasteiger partial charge in [0.2, 0.25) is 5.95 Å². The van der Waals surface area contributed by atoms with Crippen molar-refractivity contribution in [2.24, 2.45) is 7.05 Å². The van der Waals surface area contributed by atoms with Gasteiger partial charge in [0.15, 0.2) is 4.67 Å². The summed E-state index contributed by atoms with van der Waals surface area (Å²) in [6.45, 7) is 0.708. The van der Waals surface area contributed by atoms with Crippen LogP contribution in [0, 0.1) is 0 Å². The van der Waals surface area contributed by atoms with E-state index in [9.17, 15) is 0 Å². The number of rotatable bonds is 3. The van der Waals surface area contributed by atoms with Gasteiger partial charge in [0.25, 0.3) is 0 Å². The van der Waals surface area contributed by atoms with Gasteiger partial charge in [-0.05, 0) is 22.0 Å². The summed E-state index contributed by atoms with van der Waals surface area (Å²) in [5.41, 5.74) is 1.08. The summed E-state index contributed by atoms with van der Waals surface area (Å²) in [4.78, 5) is 4.15. The summed E-state index contributed by atoms with van der Waals surface area (Å²) >= 11 is 3.25. The molecular formula is C9H10BrN3O. The van der Waals surface area contributed by atoms with Gasteiger partial charge in [-0.15, -0.1) is 0 Å². The molecule has 0 spiro atoms. The number of aryl methyl sites for hydroxylation is 1. The Labute approximate surface area is 90.1 Å². The van der Waals surface area contributed by atoms with Crippen LogP contribution in [-0.2, 0) is 13.6 Å². The topological polar surface area (TPSA) is 43.0 Å². The van der Waals surface area contributed by atoms with E-state index < -0.39 is 0 Å².